The highest BCUT2D eigenvalue weighted by atomic mass is 19.1. The predicted molar refractivity (Wildman–Crippen MR) is 99.8 cm³/mol. The molecule has 0 fully saturated rings. The van der Waals surface area contributed by atoms with Crippen LogP contribution in [0.3, 0.4) is 0 Å². The third kappa shape index (κ3) is 4.94. The minimum atomic E-state index is -0.298. The first-order chi connectivity index (χ1) is 13.0. The van der Waals surface area contributed by atoms with E-state index in [1.165, 1.54) is 12.1 Å². The normalized spacial score (nSPS) is 11.8. The van der Waals surface area contributed by atoms with E-state index in [4.69, 9.17) is 9.15 Å². The fourth-order valence-corrected chi connectivity index (χ4v) is 2.70. The highest BCUT2D eigenvalue weighted by Gasteiger charge is 2.12. The summed E-state index contributed by atoms with van der Waals surface area (Å²) in [5.74, 6) is 1.45. The Morgan fingerprint density at radius 1 is 1.26 bits per heavy atom. The number of ether oxygens (including phenoxy) is 1. The van der Waals surface area contributed by atoms with Crippen LogP contribution in [0.1, 0.15) is 30.8 Å². The Hall–Kier alpha value is -3.15. The second-order valence-corrected chi connectivity index (χ2v) is 6.19. The van der Waals surface area contributed by atoms with Crippen LogP contribution < -0.4 is 10.1 Å². The van der Waals surface area contributed by atoms with Crippen molar-refractivity contribution >= 4 is 5.91 Å². The molecule has 0 saturated carbocycles. The fourth-order valence-electron chi connectivity index (χ4n) is 2.70. The number of hydrogen-bond donors (Lipinski definition) is 1. The third-order valence-electron chi connectivity index (χ3n) is 4.22. The number of rotatable bonds is 7. The topological polar surface area (TPSA) is 64.4 Å². The molecule has 1 aromatic heterocycles. The van der Waals surface area contributed by atoms with Gasteiger partial charge in [0.1, 0.15) is 11.6 Å². The number of aryl methyl sites for hydroxylation is 1. The zero-order valence-corrected chi connectivity index (χ0v) is 15.2. The maximum Gasteiger partial charge on any atom is 0.220 e. The lowest BCUT2D eigenvalue weighted by molar-refractivity contribution is -0.121. The van der Waals surface area contributed by atoms with Crippen LogP contribution in [0.15, 0.2) is 59.1 Å². The number of carbonyl (C=O) groups excluding carboxylic acids is 1. The maximum atomic E-state index is 13.0. The van der Waals surface area contributed by atoms with Crippen LogP contribution >= 0.6 is 0 Å². The molecule has 0 aliphatic carbocycles. The van der Waals surface area contributed by atoms with Crippen molar-refractivity contribution < 1.29 is 18.3 Å². The number of oxazole rings is 1. The first kappa shape index (κ1) is 18.6. The van der Waals surface area contributed by atoms with Gasteiger partial charge >= 0.3 is 0 Å². The molecular formula is C21H21FN2O3. The van der Waals surface area contributed by atoms with Crippen LogP contribution in [0.25, 0.3) is 11.3 Å². The van der Waals surface area contributed by atoms with Crippen LogP contribution in [0.2, 0.25) is 0 Å². The predicted octanol–water partition coefficient (Wildman–Crippen LogP) is 4.30. The van der Waals surface area contributed by atoms with Crippen LogP contribution in [0.5, 0.6) is 5.75 Å². The highest BCUT2D eigenvalue weighted by molar-refractivity contribution is 5.76. The van der Waals surface area contributed by atoms with Crippen LogP contribution in [-0.4, -0.2) is 18.0 Å². The van der Waals surface area contributed by atoms with Gasteiger partial charge in [0.25, 0.3) is 0 Å². The van der Waals surface area contributed by atoms with E-state index in [1.54, 1.807) is 25.4 Å². The molecule has 2 aromatic carbocycles. The van der Waals surface area contributed by atoms with E-state index in [1.807, 2.05) is 31.2 Å². The summed E-state index contributed by atoms with van der Waals surface area (Å²) in [6.07, 6.45) is 2.29. The zero-order valence-electron chi connectivity index (χ0n) is 15.2. The molecule has 0 radical (unpaired) electrons. The molecule has 0 saturated heterocycles. The summed E-state index contributed by atoms with van der Waals surface area (Å²) in [6, 6.07) is 13.4. The number of carbonyl (C=O) groups is 1. The minimum absolute atomic E-state index is 0.118. The Balaban J connectivity index is 1.54. The van der Waals surface area contributed by atoms with Crippen molar-refractivity contribution in [3.63, 3.8) is 0 Å². The van der Waals surface area contributed by atoms with Gasteiger partial charge < -0.3 is 14.5 Å². The Morgan fingerprint density at radius 2 is 2.04 bits per heavy atom. The molecule has 3 rings (SSSR count). The van der Waals surface area contributed by atoms with Crippen molar-refractivity contribution in [3.05, 3.63) is 72.0 Å². The molecule has 1 atom stereocenters. The largest absolute Gasteiger partial charge is 0.497 e. The van der Waals surface area contributed by atoms with E-state index in [0.717, 1.165) is 16.9 Å². The summed E-state index contributed by atoms with van der Waals surface area (Å²) >= 11 is 0. The van der Waals surface area contributed by atoms with E-state index in [0.29, 0.717) is 18.1 Å². The van der Waals surface area contributed by atoms with E-state index < -0.39 is 0 Å². The van der Waals surface area contributed by atoms with Gasteiger partial charge in [0.2, 0.25) is 5.91 Å². The third-order valence-corrected chi connectivity index (χ3v) is 4.22. The summed E-state index contributed by atoms with van der Waals surface area (Å²) in [5, 5.41) is 2.89. The molecule has 5 nitrogen and oxygen atoms in total. The molecule has 0 spiro atoms. The lowest BCUT2D eigenvalue weighted by Crippen LogP contribution is -2.26. The van der Waals surface area contributed by atoms with Gasteiger partial charge in [0, 0.05) is 18.4 Å². The number of amides is 1. The van der Waals surface area contributed by atoms with Gasteiger partial charge in [0.05, 0.1) is 19.3 Å². The summed E-state index contributed by atoms with van der Waals surface area (Å²) < 4.78 is 23.9. The highest BCUT2D eigenvalue weighted by Crippen LogP contribution is 2.24. The lowest BCUT2D eigenvalue weighted by atomic mass is 10.1. The van der Waals surface area contributed by atoms with Crippen LogP contribution in [0.4, 0.5) is 4.39 Å². The Bertz CT molecular complexity index is 906. The molecule has 0 unspecified atom stereocenters. The van der Waals surface area contributed by atoms with Crippen molar-refractivity contribution in [1.82, 2.24) is 10.3 Å². The van der Waals surface area contributed by atoms with Gasteiger partial charge in [-0.25, -0.2) is 9.37 Å². The number of nitrogens with one attached hydrogen (secondary N) is 1. The van der Waals surface area contributed by atoms with Gasteiger partial charge in [-0.3, -0.25) is 4.79 Å². The Morgan fingerprint density at radius 3 is 2.78 bits per heavy atom. The minimum Gasteiger partial charge on any atom is -0.497 e. The van der Waals surface area contributed by atoms with Crippen molar-refractivity contribution in [2.45, 2.75) is 25.8 Å². The number of nitrogens with zero attached hydrogens (tertiary/aromatic N) is 1. The van der Waals surface area contributed by atoms with Gasteiger partial charge in [-0.2, -0.15) is 0 Å². The van der Waals surface area contributed by atoms with Crippen molar-refractivity contribution in [3.8, 4) is 17.1 Å². The fraction of sp³-hybridized carbons (Fsp3) is 0.238. The molecule has 1 amide bonds. The number of aromatic nitrogens is 1. The number of hydrogen-bond acceptors (Lipinski definition) is 4. The molecule has 1 N–H and O–H groups in total. The maximum absolute atomic E-state index is 13.0. The molecule has 140 valence electrons. The SMILES string of the molecule is COc1cccc(-c2cnc(CCC(=O)N[C@@H](C)c3ccc(F)cc3)o2)c1. The molecule has 3 aromatic rings. The second kappa shape index (κ2) is 8.49. The smallest absolute Gasteiger partial charge is 0.220 e. The summed E-state index contributed by atoms with van der Waals surface area (Å²) in [4.78, 5) is 16.4. The van der Waals surface area contributed by atoms with Crippen LogP contribution in [-0.2, 0) is 11.2 Å². The number of methoxy groups -OCH3 is 1. The van der Waals surface area contributed by atoms with E-state index in [9.17, 15) is 9.18 Å². The zero-order chi connectivity index (χ0) is 19.2. The van der Waals surface area contributed by atoms with Crippen molar-refractivity contribution in [1.29, 1.82) is 0 Å². The summed E-state index contributed by atoms with van der Waals surface area (Å²) in [5.41, 5.74) is 1.71. The number of benzene rings is 2. The molecule has 0 aliphatic heterocycles. The summed E-state index contributed by atoms with van der Waals surface area (Å²) in [7, 11) is 1.61. The van der Waals surface area contributed by atoms with E-state index in [2.05, 4.69) is 10.3 Å². The number of halogens is 1. The molecular weight excluding hydrogens is 347 g/mol. The Labute approximate surface area is 157 Å². The average molecular weight is 368 g/mol. The molecule has 6 heteroatoms. The molecule has 0 aliphatic rings. The monoisotopic (exact) mass is 368 g/mol. The molecule has 0 bridgehead atoms. The van der Waals surface area contributed by atoms with Crippen LogP contribution in [0, 0.1) is 5.82 Å². The van der Waals surface area contributed by atoms with E-state index in [-0.39, 0.29) is 24.2 Å². The lowest BCUT2D eigenvalue weighted by Gasteiger charge is -2.14. The van der Waals surface area contributed by atoms with Gasteiger partial charge in [-0.15, -0.1) is 0 Å². The average Bonchev–Trinajstić information content (AvgIpc) is 3.16. The second-order valence-electron chi connectivity index (χ2n) is 6.19. The quantitative estimate of drug-likeness (QED) is 0.675. The molecule has 1 heterocycles. The first-order valence-corrected chi connectivity index (χ1v) is 8.69. The van der Waals surface area contributed by atoms with Crippen molar-refractivity contribution in [2.75, 3.05) is 7.11 Å². The van der Waals surface area contributed by atoms with Gasteiger partial charge in [-0.1, -0.05) is 24.3 Å². The van der Waals surface area contributed by atoms with Gasteiger partial charge in [-0.05, 0) is 36.8 Å². The standard InChI is InChI=1S/C21H21FN2O3/c1-14(15-6-8-17(22)9-7-15)24-20(25)10-11-21-23-13-19(27-21)16-4-3-5-18(12-16)26-2/h3-9,12-14H,10-11H2,1-2H3,(H,24,25)/t14-/m0/s1. The first-order valence-electron chi connectivity index (χ1n) is 8.69. The van der Waals surface area contributed by atoms with Gasteiger partial charge in [0.15, 0.2) is 11.7 Å². The Kier molecular flexibility index (Phi) is 5.86. The molecule has 27 heavy (non-hydrogen) atoms. The van der Waals surface area contributed by atoms with Crippen molar-refractivity contribution in [2.24, 2.45) is 0 Å². The van der Waals surface area contributed by atoms with E-state index >= 15 is 0 Å². The summed E-state index contributed by atoms with van der Waals surface area (Å²) in [6.45, 7) is 1.86.